The number of hydrogen-bond donors (Lipinski definition) is 0. The maximum atomic E-state index is 12.3. The van der Waals surface area contributed by atoms with E-state index in [9.17, 15) is 9.00 Å². The Morgan fingerprint density at radius 3 is 2.48 bits per heavy atom. The van der Waals surface area contributed by atoms with Crippen LogP contribution in [0.4, 0.5) is 0 Å². The molecule has 0 N–H and O–H groups in total. The average molecular weight is 388 g/mol. The molecular formula is C15H12BrClO3S. The fraction of sp³-hybridized carbons (Fsp3) is 0.133. The van der Waals surface area contributed by atoms with Crippen molar-refractivity contribution in [3.05, 3.63) is 63.1 Å². The van der Waals surface area contributed by atoms with Gasteiger partial charge < -0.3 is 4.74 Å². The fourth-order valence-corrected chi connectivity index (χ4v) is 3.69. The Morgan fingerprint density at radius 2 is 1.90 bits per heavy atom. The summed E-state index contributed by atoms with van der Waals surface area (Å²) in [5, 5.41) is 0.611. The Morgan fingerprint density at radius 1 is 1.24 bits per heavy atom. The molecule has 0 saturated heterocycles. The molecular weight excluding hydrogens is 376 g/mol. The van der Waals surface area contributed by atoms with E-state index in [1.807, 2.05) is 0 Å². The van der Waals surface area contributed by atoms with Gasteiger partial charge in [0.2, 0.25) is 0 Å². The predicted molar refractivity (Wildman–Crippen MR) is 87.0 cm³/mol. The molecule has 2 aromatic carbocycles. The molecule has 2 aromatic rings. The Hall–Kier alpha value is -1.17. The second kappa shape index (κ2) is 7.20. The van der Waals surface area contributed by atoms with Crippen molar-refractivity contribution in [2.75, 3.05) is 7.11 Å². The molecule has 0 saturated carbocycles. The van der Waals surface area contributed by atoms with Gasteiger partial charge >= 0.3 is 5.97 Å². The van der Waals surface area contributed by atoms with Crippen molar-refractivity contribution in [3.8, 4) is 0 Å². The van der Waals surface area contributed by atoms with E-state index in [-0.39, 0.29) is 0 Å². The molecule has 0 radical (unpaired) electrons. The summed E-state index contributed by atoms with van der Waals surface area (Å²) >= 11 is 9.21. The summed E-state index contributed by atoms with van der Waals surface area (Å²) in [7, 11) is 0.156. The van der Waals surface area contributed by atoms with Crippen LogP contribution in [0.25, 0.3) is 0 Å². The number of halogens is 2. The molecule has 0 aliphatic heterocycles. The predicted octanol–water partition coefficient (Wildman–Crippen LogP) is 4.20. The van der Waals surface area contributed by atoms with Crippen LogP contribution in [0.5, 0.6) is 0 Å². The molecule has 0 aliphatic rings. The van der Waals surface area contributed by atoms with Crippen molar-refractivity contribution in [1.29, 1.82) is 0 Å². The monoisotopic (exact) mass is 386 g/mol. The molecule has 110 valence electrons. The number of carbonyl (C=O) groups is 1. The maximum absolute atomic E-state index is 12.3. The van der Waals surface area contributed by atoms with Crippen LogP contribution in [0, 0.1) is 0 Å². The minimum Gasteiger partial charge on any atom is -0.465 e. The summed E-state index contributed by atoms with van der Waals surface area (Å²) in [5.41, 5.74) is 1.31. The van der Waals surface area contributed by atoms with Crippen LogP contribution >= 0.6 is 27.5 Å². The highest BCUT2D eigenvalue weighted by atomic mass is 79.9. The van der Waals surface area contributed by atoms with E-state index in [0.29, 0.717) is 21.2 Å². The van der Waals surface area contributed by atoms with E-state index >= 15 is 0 Å². The molecule has 2 rings (SSSR count). The van der Waals surface area contributed by atoms with E-state index in [1.54, 1.807) is 42.5 Å². The third kappa shape index (κ3) is 4.15. The lowest BCUT2D eigenvalue weighted by molar-refractivity contribution is 0.0600. The summed E-state index contributed by atoms with van der Waals surface area (Å²) in [6.45, 7) is 0. The zero-order valence-electron chi connectivity index (χ0n) is 11.1. The van der Waals surface area contributed by atoms with Crippen molar-refractivity contribution in [1.82, 2.24) is 0 Å². The summed E-state index contributed by atoms with van der Waals surface area (Å²) in [6, 6.07) is 12.0. The van der Waals surface area contributed by atoms with Crippen molar-refractivity contribution in [2.45, 2.75) is 10.6 Å². The van der Waals surface area contributed by atoms with Crippen LogP contribution in [0.2, 0.25) is 5.02 Å². The van der Waals surface area contributed by atoms with Gasteiger partial charge in [0.15, 0.2) is 0 Å². The average Bonchev–Trinajstić information content (AvgIpc) is 2.49. The number of ether oxygens (including phenoxy) is 1. The molecule has 0 aliphatic carbocycles. The molecule has 6 heteroatoms. The van der Waals surface area contributed by atoms with Gasteiger partial charge in [0.25, 0.3) is 0 Å². The maximum Gasteiger partial charge on any atom is 0.337 e. The van der Waals surface area contributed by atoms with Crippen LogP contribution in [-0.2, 0) is 21.3 Å². The van der Waals surface area contributed by atoms with Crippen molar-refractivity contribution in [3.63, 3.8) is 0 Å². The lowest BCUT2D eigenvalue weighted by Crippen LogP contribution is -2.03. The zero-order chi connectivity index (χ0) is 15.4. The Balaban J connectivity index is 2.18. The highest BCUT2D eigenvalue weighted by Gasteiger charge is 2.11. The molecule has 1 unspecified atom stereocenters. The van der Waals surface area contributed by atoms with Crippen LogP contribution in [-0.4, -0.2) is 17.3 Å². The third-order valence-electron chi connectivity index (χ3n) is 2.84. The first-order valence-electron chi connectivity index (χ1n) is 6.02. The van der Waals surface area contributed by atoms with Gasteiger partial charge in [0.1, 0.15) is 0 Å². The van der Waals surface area contributed by atoms with Gasteiger partial charge in [-0.05, 0) is 42.0 Å². The summed E-state index contributed by atoms with van der Waals surface area (Å²) in [6.07, 6.45) is 0. The summed E-state index contributed by atoms with van der Waals surface area (Å²) < 4.78 is 17.7. The molecule has 0 spiro atoms. The Bertz CT molecular complexity index is 686. The van der Waals surface area contributed by atoms with Gasteiger partial charge in [-0.1, -0.05) is 33.6 Å². The van der Waals surface area contributed by atoms with Gasteiger partial charge in [-0.3, -0.25) is 4.21 Å². The second-order valence-corrected chi connectivity index (χ2v) is 6.98. The standard InChI is InChI=1S/C15H12BrClO3S/c1-20-15(18)10-2-3-11(14(16)8-10)9-21(19)13-6-4-12(17)5-7-13/h2-8H,9H2,1H3. The number of methoxy groups -OCH3 is 1. The number of benzene rings is 2. The summed E-state index contributed by atoms with van der Waals surface area (Å²) in [4.78, 5) is 12.1. The highest BCUT2D eigenvalue weighted by Crippen LogP contribution is 2.23. The number of esters is 1. The van der Waals surface area contributed by atoms with E-state index < -0.39 is 16.8 Å². The minimum absolute atomic E-state index is 0.351. The largest absolute Gasteiger partial charge is 0.465 e. The van der Waals surface area contributed by atoms with E-state index in [2.05, 4.69) is 20.7 Å². The first-order chi connectivity index (χ1) is 10.0. The molecule has 21 heavy (non-hydrogen) atoms. The summed E-state index contributed by atoms with van der Waals surface area (Å²) in [5.74, 6) is -0.0509. The van der Waals surface area contributed by atoms with Gasteiger partial charge in [-0.25, -0.2) is 4.79 Å². The van der Waals surface area contributed by atoms with Gasteiger partial charge in [0, 0.05) is 14.4 Å². The van der Waals surface area contributed by atoms with Crippen molar-refractivity contribution < 1.29 is 13.7 Å². The Labute approximate surface area is 138 Å². The quantitative estimate of drug-likeness (QED) is 0.739. The number of carbonyl (C=O) groups excluding carboxylic acids is 1. The molecule has 1 atom stereocenters. The lowest BCUT2D eigenvalue weighted by atomic mass is 10.1. The molecule has 0 bridgehead atoms. The van der Waals surface area contributed by atoms with Gasteiger partial charge in [-0.15, -0.1) is 0 Å². The molecule has 0 heterocycles. The SMILES string of the molecule is COC(=O)c1ccc(CS(=O)c2ccc(Cl)cc2)c(Br)c1. The van der Waals surface area contributed by atoms with Crippen LogP contribution in [0.3, 0.4) is 0 Å². The van der Waals surface area contributed by atoms with E-state index in [1.165, 1.54) is 7.11 Å². The van der Waals surface area contributed by atoms with Crippen molar-refractivity contribution >= 4 is 44.3 Å². The van der Waals surface area contributed by atoms with E-state index in [4.69, 9.17) is 11.6 Å². The topological polar surface area (TPSA) is 43.4 Å². The first kappa shape index (κ1) is 16.2. The fourth-order valence-electron chi connectivity index (χ4n) is 1.72. The number of hydrogen-bond acceptors (Lipinski definition) is 3. The first-order valence-corrected chi connectivity index (χ1v) is 8.51. The third-order valence-corrected chi connectivity index (χ3v) is 5.20. The molecule has 0 aromatic heterocycles. The molecule has 0 amide bonds. The van der Waals surface area contributed by atoms with Crippen LogP contribution in [0.15, 0.2) is 51.8 Å². The van der Waals surface area contributed by atoms with Gasteiger partial charge in [-0.2, -0.15) is 0 Å². The van der Waals surface area contributed by atoms with E-state index in [0.717, 1.165) is 10.0 Å². The lowest BCUT2D eigenvalue weighted by Gasteiger charge is -2.07. The molecule has 3 nitrogen and oxygen atoms in total. The van der Waals surface area contributed by atoms with Crippen LogP contribution < -0.4 is 0 Å². The number of rotatable bonds is 4. The normalized spacial score (nSPS) is 12.0. The Kier molecular flexibility index (Phi) is 5.56. The minimum atomic E-state index is -1.18. The molecule has 0 fully saturated rings. The van der Waals surface area contributed by atoms with Crippen LogP contribution in [0.1, 0.15) is 15.9 Å². The van der Waals surface area contributed by atoms with Crippen molar-refractivity contribution in [2.24, 2.45) is 0 Å². The zero-order valence-corrected chi connectivity index (χ0v) is 14.3. The second-order valence-electron chi connectivity index (χ2n) is 4.24. The van der Waals surface area contributed by atoms with Gasteiger partial charge in [0.05, 0.1) is 29.2 Å². The smallest absolute Gasteiger partial charge is 0.337 e. The highest BCUT2D eigenvalue weighted by molar-refractivity contribution is 9.10.